The summed E-state index contributed by atoms with van der Waals surface area (Å²) in [6.45, 7) is 1.74. The van der Waals surface area contributed by atoms with Crippen molar-refractivity contribution in [2.45, 2.75) is 50.6 Å². The van der Waals surface area contributed by atoms with Crippen LogP contribution in [0.3, 0.4) is 0 Å². The first-order valence-corrected chi connectivity index (χ1v) is 8.53. The molecule has 1 amide bonds. The van der Waals surface area contributed by atoms with Crippen molar-refractivity contribution in [3.63, 3.8) is 0 Å². The van der Waals surface area contributed by atoms with E-state index in [4.69, 9.17) is 11.6 Å². The maximum atomic E-state index is 13.7. The molecule has 1 aliphatic carbocycles. The molecule has 0 bridgehead atoms. The molecule has 1 atom stereocenters. The second-order valence-electron chi connectivity index (χ2n) is 6.25. The fraction of sp³-hybridized carbons (Fsp3) is 0.588. The molecule has 1 heterocycles. The first-order valence-electron chi connectivity index (χ1n) is 8.16. The van der Waals surface area contributed by atoms with E-state index in [9.17, 15) is 9.18 Å². The quantitative estimate of drug-likeness (QED) is 0.881. The molecule has 1 aliphatic heterocycles. The van der Waals surface area contributed by atoms with Crippen LogP contribution in [-0.4, -0.2) is 36.0 Å². The number of carbonyl (C=O) groups is 1. The molecule has 2 aliphatic rings. The minimum atomic E-state index is -0.527. The third kappa shape index (κ3) is 3.98. The maximum Gasteiger partial charge on any atom is 0.256 e. The number of hydrogen-bond acceptors (Lipinski definition) is 2. The summed E-state index contributed by atoms with van der Waals surface area (Å²) in [5, 5.41) is 3.27. The third-order valence-electron chi connectivity index (χ3n) is 4.81. The largest absolute Gasteiger partial charge is 0.331 e. The van der Waals surface area contributed by atoms with Gasteiger partial charge >= 0.3 is 0 Å². The average Bonchev–Trinajstić information content (AvgIpc) is 3.05. The van der Waals surface area contributed by atoms with E-state index in [1.165, 1.54) is 12.5 Å². The summed E-state index contributed by atoms with van der Waals surface area (Å²) >= 11 is 6.04. The molecule has 1 aromatic carbocycles. The summed E-state index contributed by atoms with van der Waals surface area (Å²) in [5.74, 6) is -0.647. The SMILES string of the molecule is Cl.O=C(c1cccc(F)c1Cl)N(C1CCCCC1)[C@H]1CCNC1. The Morgan fingerprint density at radius 1 is 1.17 bits per heavy atom. The van der Waals surface area contributed by atoms with Gasteiger partial charge in [-0.25, -0.2) is 4.39 Å². The zero-order chi connectivity index (χ0) is 15.5. The fourth-order valence-electron chi connectivity index (χ4n) is 3.67. The number of carbonyl (C=O) groups excluding carboxylic acids is 1. The van der Waals surface area contributed by atoms with E-state index in [0.717, 1.165) is 45.2 Å². The van der Waals surface area contributed by atoms with E-state index in [2.05, 4.69) is 5.32 Å². The summed E-state index contributed by atoms with van der Waals surface area (Å²) in [6, 6.07) is 4.92. The Kier molecular flexibility index (Phi) is 6.69. The molecule has 0 unspecified atom stereocenters. The maximum absolute atomic E-state index is 13.7. The Morgan fingerprint density at radius 2 is 1.91 bits per heavy atom. The van der Waals surface area contributed by atoms with Gasteiger partial charge in [0.05, 0.1) is 10.6 Å². The highest BCUT2D eigenvalue weighted by atomic mass is 35.5. The van der Waals surface area contributed by atoms with Crippen LogP contribution >= 0.6 is 24.0 Å². The number of nitrogens with zero attached hydrogens (tertiary/aromatic N) is 1. The summed E-state index contributed by atoms with van der Waals surface area (Å²) in [7, 11) is 0. The molecule has 1 N–H and O–H groups in total. The molecular formula is C17H23Cl2FN2O. The zero-order valence-electron chi connectivity index (χ0n) is 13.1. The monoisotopic (exact) mass is 360 g/mol. The van der Waals surface area contributed by atoms with Crippen LogP contribution in [0.5, 0.6) is 0 Å². The number of benzene rings is 1. The number of nitrogens with one attached hydrogen (secondary N) is 1. The van der Waals surface area contributed by atoms with Crippen molar-refractivity contribution in [3.8, 4) is 0 Å². The number of halogens is 3. The zero-order valence-corrected chi connectivity index (χ0v) is 14.6. The summed E-state index contributed by atoms with van der Waals surface area (Å²) in [4.78, 5) is 15.0. The minimum absolute atomic E-state index is 0. The van der Waals surface area contributed by atoms with Gasteiger partial charge in [0.2, 0.25) is 0 Å². The second-order valence-corrected chi connectivity index (χ2v) is 6.63. The first-order chi connectivity index (χ1) is 10.7. The van der Waals surface area contributed by atoms with Gasteiger partial charge in [0.15, 0.2) is 0 Å². The number of rotatable bonds is 3. The van der Waals surface area contributed by atoms with Gasteiger partial charge in [-0.1, -0.05) is 36.9 Å². The normalized spacial score (nSPS) is 21.7. The second kappa shape index (κ2) is 8.32. The van der Waals surface area contributed by atoms with Gasteiger partial charge in [-0.15, -0.1) is 12.4 Å². The van der Waals surface area contributed by atoms with E-state index in [-0.39, 0.29) is 35.4 Å². The molecule has 1 aromatic rings. The Morgan fingerprint density at radius 3 is 2.57 bits per heavy atom. The van der Waals surface area contributed by atoms with Crippen LogP contribution in [0, 0.1) is 5.82 Å². The van der Waals surface area contributed by atoms with Crippen molar-refractivity contribution >= 4 is 29.9 Å². The minimum Gasteiger partial charge on any atom is -0.331 e. The Hall–Kier alpha value is -0.840. The lowest BCUT2D eigenvalue weighted by molar-refractivity contribution is 0.0534. The van der Waals surface area contributed by atoms with E-state index >= 15 is 0 Å². The van der Waals surface area contributed by atoms with Gasteiger partial charge in [0.1, 0.15) is 5.82 Å². The van der Waals surface area contributed by atoms with Crippen LogP contribution in [0.4, 0.5) is 4.39 Å². The molecule has 2 fully saturated rings. The Bertz CT molecular complexity index is 543. The summed E-state index contributed by atoms with van der Waals surface area (Å²) in [6.07, 6.45) is 6.58. The number of amides is 1. The molecule has 1 saturated heterocycles. The van der Waals surface area contributed by atoms with Gasteiger partial charge in [0.25, 0.3) is 5.91 Å². The van der Waals surface area contributed by atoms with E-state index < -0.39 is 5.82 Å². The molecule has 3 nitrogen and oxygen atoms in total. The van der Waals surface area contributed by atoms with Crippen molar-refractivity contribution in [3.05, 3.63) is 34.6 Å². The fourth-order valence-corrected chi connectivity index (χ4v) is 3.88. The van der Waals surface area contributed by atoms with Gasteiger partial charge in [-0.2, -0.15) is 0 Å². The molecular weight excluding hydrogens is 338 g/mol. The Labute approximate surface area is 148 Å². The van der Waals surface area contributed by atoms with Gasteiger partial charge in [-0.05, 0) is 37.9 Å². The summed E-state index contributed by atoms with van der Waals surface area (Å²) in [5.41, 5.74) is 0.291. The molecule has 0 radical (unpaired) electrons. The van der Waals surface area contributed by atoms with Crippen LogP contribution in [0.2, 0.25) is 5.02 Å². The first kappa shape index (κ1) is 18.5. The summed E-state index contributed by atoms with van der Waals surface area (Å²) < 4.78 is 13.7. The van der Waals surface area contributed by atoms with Crippen LogP contribution in [0.1, 0.15) is 48.9 Å². The van der Waals surface area contributed by atoms with Gasteiger partial charge in [0, 0.05) is 18.6 Å². The van der Waals surface area contributed by atoms with Crippen molar-refractivity contribution in [1.29, 1.82) is 0 Å². The van der Waals surface area contributed by atoms with Crippen molar-refractivity contribution in [2.75, 3.05) is 13.1 Å². The standard InChI is InChI=1S/C17H22ClFN2O.ClH/c18-16-14(7-4-8-15(16)19)17(22)21(13-9-10-20-11-13)12-5-2-1-3-6-12;/h4,7-8,12-13,20H,1-3,5-6,9-11H2;1H/t13-;/m0./s1. The van der Waals surface area contributed by atoms with Crippen LogP contribution in [0.25, 0.3) is 0 Å². The number of hydrogen-bond donors (Lipinski definition) is 1. The smallest absolute Gasteiger partial charge is 0.256 e. The Balaban J connectivity index is 0.00000192. The van der Waals surface area contributed by atoms with Crippen molar-refractivity contribution < 1.29 is 9.18 Å². The highest BCUT2D eigenvalue weighted by Crippen LogP contribution is 2.29. The predicted molar refractivity (Wildman–Crippen MR) is 93.0 cm³/mol. The topological polar surface area (TPSA) is 32.3 Å². The molecule has 0 aromatic heterocycles. The lowest BCUT2D eigenvalue weighted by atomic mass is 9.92. The van der Waals surface area contributed by atoms with Crippen LogP contribution in [0.15, 0.2) is 18.2 Å². The van der Waals surface area contributed by atoms with E-state index in [1.54, 1.807) is 12.1 Å². The van der Waals surface area contributed by atoms with Crippen LogP contribution in [-0.2, 0) is 0 Å². The van der Waals surface area contributed by atoms with Crippen molar-refractivity contribution in [1.82, 2.24) is 10.2 Å². The lowest BCUT2D eigenvalue weighted by Gasteiger charge is -2.38. The molecule has 3 rings (SSSR count). The molecule has 128 valence electrons. The highest BCUT2D eigenvalue weighted by molar-refractivity contribution is 6.34. The van der Waals surface area contributed by atoms with E-state index in [1.807, 2.05) is 4.90 Å². The van der Waals surface area contributed by atoms with Gasteiger partial charge < -0.3 is 10.2 Å². The van der Waals surface area contributed by atoms with E-state index in [0.29, 0.717) is 5.56 Å². The molecule has 0 spiro atoms. The molecule has 23 heavy (non-hydrogen) atoms. The predicted octanol–water partition coefficient (Wildman–Crippen LogP) is 4.04. The lowest BCUT2D eigenvalue weighted by Crippen LogP contribution is -2.49. The highest BCUT2D eigenvalue weighted by Gasteiger charge is 2.34. The molecule has 6 heteroatoms. The van der Waals surface area contributed by atoms with Gasteiger partial charge in [-0.3, -0.25) is 4.79 Å². The molecule has 1 saturated carbocycles. The third-order valence-corrected chi connectivity index (χ3v) is 5.20. The average molecular weight is 361 g/mol. The van der Waals surface area contributed by atoms with Crippen LogP contribution < -0.4 is 5.32 Å². The van der Waals surface area contributed by atoms with Crippen molar-refractivity contribution in [2.24, 2.45) is 0 Å².